The molecule has 2 aliphatic rings. The van der Waals surface area contributed by atoms with Gasteiger partial charge in [-0.15, -0.1) is 0 Å². The highest BCUT2D eigenvalue weighted by atomic mass is 35.5. The summed E-state index contributed by atoms with van der Waals surface area (Å²) in [5, 5.41) is -0.153. The van der Waals surface area contributed by atoms with E-state index in [1.54, 1.807) is 0 Å². The molecule has 1 saturated heterocycles. The number of fused-ring (bicyclic) bond motifs is 2. The standard InChI is InChI=1S/C8H12ClNO/c1-10-5-6-2-3-8(10,4-6)7(9)11/h6H,2-5H2,1H3/t6-,8+/m0/s1. The number of nitrogens with zero attached hydrogens (tertiary/aromatic N) is 1. The Morgan fingerprint density at radius 3 is 2.73 bits per heavy atom. The monoisotopic (exact) mass is 173 g/mol. The maximum absolute atomic E-state index is 11.2. The molecular weight excluding hydrogens is 162 g/mol. The van der Waals surface area contributed by atoms with Crippen molar-refractivity contribution in [2.75, 3.05) is 13.6 Å². The van der Waals surface area contributed by atoms with Gasteiger partial charge in [-0.1, -0.05) is 0 Å². The van der Waals surface area contributed by atoms with Gasteiger partial charge < -0.3 is 0 Å². The number of piperidine rings is 1. The van der Waals surface area contributed by atoms with Crippen LogP contribution in [0.3, 0.4) is 0 Å². The first-order valence-electron chi connectivity index (χ1n) is 4.06. The molecule has 1 saturated carbocycles. The molecule has 1 aliphatic carbocycles. The van der Waals surface area contributed by atoms with Crippen molar-refractivity contribution in [3.05, 3.63) is 0 Å². The van der Waals surface area contributed by atoms with Gasteiger partial charge in [0.2, 0.25) is 5.24 Å². The Kier molecular flexibility index (Phi) is 1.52. The van der Waals surface area contributed by atoms with E-state index in [0.717, 1.165) is 25.3 Å². The molecule has 2 atom stereocenters. The second kappa shape index (κ2) is 2.20. The van der Waals surface area contributed by atoms with Crippen LogP contribution >= 0.6 is 11.6 Å². The van der Waals surface area contributed by atoms with Crippen LogP contribution in [-0.2, 0) is 4.79 Å². The van der Waals surface area contributed by atoms with Gasteiger partial charge in [0.15, 0.2) is 0 Å². The van der Waals surface area contributed by atoms with E-state index in [-0.39, 0.29) is 10.8 Å². The van der Waals surface area contributed by atoms with Crippen LogP contribution in [0.15, 0.2) is 0 Å². The van der Waals surface area contributed by atoms with Gasteiger partial charge in [-0.2, -0.15) is 0 Å². The summed E-state index contributed by atoms with van der Waals surface area (Å²) < 4.78 is 0. The average Bonchev–Trinajstić information content (AvgIpc) is 2.43. The largest absolute Gasteiger partial charge is 0.293 e. The second-order valence-corrected chi connectivity index (χ2v) is 4.14. The van der Waals surface area contributed by atoms with Crippen molar-refractivity contribution in [1.29, 1.82) is 0 Å². The molecule has 0 aromatic rings. The van der Waals surface area contributed by atoms with Crippen LogP contribution in [0.2, 0.25) is 0 Å². The van der Waals surface area contributed by atoms with Gasteiger partial charge in [0.25, 0.3) is 0 Å². The molecule has 3 heteroatoms. The third-order valence-electron chi connectivity index (χ3n) is 3.22. The molecular formula is C8H12ClNO. The number of halogens is 1. The lowest BCUT2D eigenvalue weighted by molar-refractivity contribution is -0.120. The van der Waals surface area contributed by atoms with Gasteiger partial charge in [-0.05, 0) is 43.8 Å². The SMILES string of the molecule is CN1C[C@H]2CC[C@]1(C(=O)Cl)C2. The fraction of sp³-hybridized carbons (Fsp3) is 0.875. The van der Waals surface area contributed by atoms with E-state index in [0.29, 0.717) is 0 Å². The first kappa shape index (κ1) is 7.56. The summed E-state index contributed by atoms with van der Waals surface area (Å²) in [4.78, 5) is 13.3. The Morgan fingerprint density at radius 2 is 2.45 bits per heavy atom. The van der Waals surface area contributed by atoms with Crippen molar-refractivity contribution in [3.8, 4) is 0 Å². The van der Waals surface area contributed by atoms with Crippen LogP contribution in [-0.4, -0.2) is 29.3 Å². The van der Waals surface area contributed by atoms with Gasteiger partial charge in [0.1, 0.15) is 0 Å². The summed E-state index contributed by atoms with van der Waals surface area (Å²) in [7, 11) is 2.00. The minimum absolute atomic E-state index is 0.153. The molecule has 1 aliphatic heterocycles. The molecule has 62 valence electrons. The minimum atomic E-state index is -0.272. The Hall–Kier alpha value is -0.0800. The van der Waals surface area contributed by atoms with Crippen LogP contribution in [0, 0.1) is 5.92 Å². The summed E-state index contributed by atoms with van der Waals surface area (Å²) in [6.07, 6.45) is 3.14. The lowest BCUT2D eigenvalue weighted by atomic mass is 10.00. The molecule has 0 aromatic carbocycles. The number of carbonyl (C=O) groups is 1. The molecule has 11 heavy (non-hydrogen) atoms. The Labute approximate surface area is 71.5 Å². The molecule has 2 nitrogen and oxygen atoms in total. The number of likely N-dealkylation sites (N-methyl/N-ethyl adjacent to an activating group) is 1. The van der Waals surface area contributed by atoms with E-state index in [1.165, 1.54) is 6.42 Å². The molecule has 0 N–H and O–H groups in total. The van der Waals surface area contributed by atoms with Crippen LogP contribution in [0.5, 0.6) is 0 Å². The van der Waals surface area contributed by atoms with Gasteiger partial charge >= 0.3 is 0 Å². The number of likely N-dealkylation sites (tertiary alicyclic amines) is 1. The normalized spacial score (nSPS) is 43.3. The summed E-state index contributed by atoms with van der Waals surface area (Å²) in [5.41, 5.74) is -0.272. The fourth-order valence-electron chi connectivity index (χ4n) is 2.52. The summed E-state index contributed by atoms with van der Waals surface area (Å²) in [6.45, 7) is 1.05. The van der Waals surface area contributed by atoms with E-state index in [9.17, 15) is 4.79 Å². The predicted octanol–water partition coefficient (Wildman–Crippen LogP) is 1.24. The smallest absolute Gasteiger partial charge is 0.241 e. The zero-order valence-electron chi connectivity index (χ0n) is 6.64. The van der Waals surface area contributed by atoms with Gasteiger partial charge in [-0.25, -0.2) is 0 Å². The average molecular weight is 174 g/mol. The van der Waals surface area contributed by atoms with Crippen molar-refractivity contribution < 1.29 is 4.79 Å². The highest BCUT2D eigenvalue weighted by molar-refractivity contribution is 6.65. The lowest BCUT2D eigenvalue weighted by Crippen LogP contribution is -2.46. The molecule has 0 spiro atoms. The van der Waals surface area contributed by atoms with E-state index in [4.69, 9.17) is 11.6 Å². The van der Waals surface area contributed by atoms with Crippen molar-refractivity contribution in [1.82, 2.24) is 4.90 Å². The summed E-state index contributed by atoms with van der Waals surface area (Å²) >= 11 is 5.58. The topological polar surface area (TPSA) is 20.3 Å². The first-order valence-corrected chi connectivity index (χ1v) is 4.44. The quantitative estimate of drug-likeness (QED) is 0.556. The van der Waals surface area contributed by atoms with Crippen molar-refractivity contribution in [3.63, 3.8) is 0 Å². The second-order valence-electron chi connectivity index (χ2n) is 3.79. The van der Waals surface area contributed by atoms with Crippen LogP contribution in [0.25, 0.3) is 0 Å². The lowest BCUT2D eigenvalue weighted by Gasteiger charge is -2.32. The number of rotatable bonds is 1. The molecule has 0 unspecified atom stereocenters. The van der Waals surface area contributed by atoms with Gasteiger partial charge in [0.05, 0.1) is 5.54 Å². The zero-order chi connectivity index (χ0) is 8.06. The van der Waals surface area contributed by atoms with Crippen LogP contribution in [0.4, 0.5) is 0 Å². The molecule has 0 amide bonds. The van der Waals surface area contributed by atoms with E-state index in [1.807, 2.05) is 7.05 Å². The Morgan fingerprint density at radius 1 is 1.73 bits per heavy atom. The molecule has 2 fully saturated rings. The molecule has 2 bridgehead atoms. The molecule has 1 heterocycles. The first-order chi connectivity index (χ1) is 5.15. The van der Waals surface area contributed by atoms with E-state index in [2.05, 4.69) is 4.90 Å². The highest BCUT2D eigenvalue weighted by Gasteiger charge is 2.53. The minimum Gasteiger partial charge on any atom is -0.293 e. The number of hydrogen-bond acceptors (Lipinski definition) is 2. The van der Waals surface area contributed by atoms with E-state index < -0.39 is 0 Å². The third kappa shape index (κ3) is 0.859. The Balaban J connectivity index is 2.29. The summed E-state index contributed by atoms with van der Waals surface area (Å²) in [5.74, 6) is 0.725. The maximum Gasteiger partial charge on any atom is 0.241 e. The fourth-order valence-corrected chi connectivity index (χ4v) is 2.83. The van der Waals surface area contributed by atoms with E-state index >= 15 is 0 Å². The van der Waals surface area contributed by atoms with Crippen molar-refractivity contribution >= 4 is 16.8 Å². The van der Waals surface area contributed by atoms with Gasteiger partial charge in [-0.3, -0.25) is 9.69 Å². The summed E-state index contributed by atoms with van der Waals surface area (Å²) in [6, 6.07) is 0. The number of hydrogen-bond donors (Lipinski definition) is 0. The van der Waals surface area contributed by atoms with Crippen molar-refractivity contribution in [2.45, 2.75) is 24.8 Å². The third-order valence-corrected chi connectivity index (χ3v) is 3.57. The van der Waals surface area contributed by atoms with Crippen molar-refractivity contribution in [2.24, 2.45) is 5.92 Å². The molecule has 0 radical (unpaired) electrons. The predicted molar refractivity (Wildman–Crippen MR) is 43.6 cm³/mol. The maximum atomic E-state index is 11.2. The Bertz CT molecular complexity index is 206. The van der Waals surface area contributed by atoms with Crippen LogP contribution in [0.1, 0.15) is 19.3 Å². The zero-order valence-corrected chi connectivity index (χ0v) is 7.40. The molecule has 2 rings (SSSR count). The molecule has 0 aromatic heterocycles. The highest BCUT2D eigenvalue weighted by Crippen LogP contribution is 2.46. The number of carbonyl (C=O) groups excluding carboxylic acids is 1. The van der Waals surface area contributed by atoms with Crippen LogP contribution < -0.4 is 0 Å². The van der Waals surface area contributed by atoms with Gasteiger partial charge in [0, 0.05) is 6.54 Å².